The lowest BCUT2D eigenvalue weighted by Gasteiger charge is -2.02. The molecule has 0 rings (SSSR count). The second-order valence-corrected chi connectivity index (χ2v) is 1.82. The summed E-state index contributed by atoms with van der Waals surface area (Å²) in [5.74, 6) is 4.64. The highest BCUT2D eigenvalue weighted by atomic mass is 16.2. The van der Waals surface area contributed by atoms with E-state index in [1.54, 1.807) is 0 Å². The van der Waals surface area contributed by atoms with Crippen LogP contribution in [0.4, 0.5) is 4.79 Å². The van der Waals surface area contributed by atoms with Gasteiger partial charge >= 0.3 is 6.03 Å². The topological polar surface area (TPSA) is 96.2 Å². The summed E-state index contributed by atoms with van der Waals surface area (Å²) in [5.41, 5.74) is 1.87. The van der Waals surface area contributed by atoms with Crippen molar-refractivity contribution < 1.29 is 9.59 Å². The van der Waals surface area contributed by atoms with Gasteiger partial charge in [-0.25, -0.2) is 10.6 Å². The van der Waals surface area contributed by atoms with Gasteiger partial charge in [0.25, 0.3) is 0 Å². The molecule has 11 heavy (non-hydrogen) atoms. The zero-order valence-corrected chi connectivity index (χ0v) is 6.31. The third kappa shape index (κ3) is 5.16. The number of hydrazine groups is 1. The SMILES string of the molecule is CNC(=O)CCNC(=O)NN. The molecule has 0 aliphatic carbocycles. The number of carbonyl (C=O) groups excluding carboxylic acids is 2. The maximum atomic E-state index is 10.6. The van der Waals surface area contributed by atoms with E-state index in [0.717, 1.165) is 0 Å². The maximum absolute atomic E-state index is 10.6. The summed E-state index contributed by atoms with van der Waals surface area (Å²) in [6, 6.07) is -0.492. The molecule has 0 aliphatic rings. The zero-order chi connectivity index (χ0) is 8.69. The molecule has 0 radical (unpaired) electrons. The molecule has 0 saturated heterocycles. The fraction of sp³-hybridized carbons (Fsp3) is 0.600. The normalized spacial score (nSPS) is 8.55. The van der Waals surface area contributed by atoms with Crippen LogP contribution in [0.3, 0.4) is 0 Å². The van der Waals surface area contributed by atoms with Gasteiger partial charge in [0.05, 0.1) is 0 Å². The summed E-state index contributed by atoms with van der Waals surface area (Å²) in [6.07, 6.45) is 0.254. The monoisotopic (exact) mass is 160 g/mol. The van der Waals surface area contributed by atoms with Gasteiger partial charge in [-0.15, -0.1) is 0 Å². The van der Waals surface area contributed by atoms with Crippen molar-refractivity contribution in [2.24, 2.45) is 5.84 Å². The highest BCUT2D eigenvalue weighted by Gasteiger charge is 1.98. The van der Waals surface area contributed by atoms with E-state index in [0.29, 0.717) is 0 Å². The van der Waals surface area contributed by atoms with Crippen molar-refractivity contribution in [1.29, 1.82) is 0 Å². The molecule has 0 aliphatic heterocycles. The van der Waals surface area contributed by atoms with E-state index in [-0.39, 0.29) is 18.9 Å². The van der Waals surface area contributed by atoms with Crippen molar-refractivity contribution in [2.75, 3.05) is 13.6 Å². The fourth-order valence-electron chi connectivity index (χ4n) is 0.466. The van der Waals surface area contributed by atoms with Gasteiger partial charge in [0.1, 0.15) is 0 Å². The summed E-state index contributed by atoms with van der Waals surface area (Å²) < 4.78 is 0. The first-order valence-electron chi connectivity index (χ1n) is 3.15. The summed E-state index contributed by atoms with van der Waals surface area (Å²) >= 11 is 0. The number of urea groups is 1. The Hall–Kier alpha value is -1.30. The highest BCUT2D eigenvalue weighted by Crippen LogP contribution is 1.74. The molecule has 0 spiro atoms. The van der Waals surface area contributed by atoms with E-state index >= 15 is 0 Å². The van der Waals surface area contributed by atoms with Gasteiger partial charge in [-0.2, -0.15) is 0 Å². The van der Waals surface area contributed by atoms with Crippen LogP contribution in [0, 0.1) is 0 Å². The van der Waals surface area contributed by atoms with Crippen molar-refractivity contribution in [1.82, 2.24) is 16.1 Å². The molecule has 0 unspecified atom stereocenters. The number of nitrogens with one attached hydrogen (secondary N) is 3. The lowest BCUT2D eigenvalue weighted by atomic mass is 10.4. The largest absolute Gasteiger partial charge is 0.359 e. The Morgan fingerprint density at radius 3 is 2.55 bits per heavy atom. The van der Waals surface area contributed by atoms with Gasteiger partial charge in [0.2, 0.25) is 5.91 Å². The van der Waals surface area contributed by atoms with E-state index in [2.05, 4.69) is 10.6 Å². The molecule has 0 aromatic carbocycles. The van der Waals surface area contributed by atoms with Gasteiger partial charge in [-0.3, -0.25) is 10.2 Å². The van der Waals surface area contributed by atoms with Gasteiger partial charge in [-0.1, -0.05) is 0 Å². The quantitative estimate of drug-likeness (QED) is 0.225. The molecule has 0 bridgehead atoms. The van der Waals surface area contributed by atoms with E-state index in [9.17, 15) is 9.59 Å². The Morgan fingerprint density at radius 1 is 1.45 bits per heavy atom. The van der Waals surface area contributed by atoms with E-state index in [1.165, 1.54) is 7.05 Å². The van der Waals surface area contributed by atoms with E-state index < -0.39 is 6.03 Å². The van der Waals surface area contributed by atoms with Crippen molar-refractivity contribution in [3.63, 3.8) is 0 Å². The molecule has 3 amide bonds. The molecular formula is C5H12N4O2. The molecule has 0 fully saturated rings. The van der Waals surface area contributed by atoms with Crippen molar-refractivity contribution in [2.45, 2.75) is 6.42 Å². The summed E-state index contributed by atoms with van der Waals surface area (Å²) in [5, 5.41) is 4.78. The highest BCUT2D eigenvalue weighted by molar-refractivity contribution is 5.77. The summed E-state index contributed by atoms with van der Waals surface area (Å²) in [7, 11) is 1.53. The Morgan fingerprint density at radius 2 is 2.09 bits per heavy atom. The van der Waals surface area contributed by atoms with Crippen LogP contribution in [-0.4, -0.2) is 25.5 Å². The van der Waals surface area contributed by atoms with Crippen LogP contribution in [0.1, 0.15) is 6.42 Å². The number of nitrogens with two attached hydrogens (primary N) is 1. The minimum atomic E-state index is -0.492. The van der Waals surface area contributed by atoms with Crippen molar-refractivity contribution >= 4 is 11.9 Å². The minimum Gasteiger partial charge on any atom is -0.359 e. The first-order valence-corrected chi connectivity index (χ1v) is 3.15. The minimum absolute atomic E-state index is 0.123. The van der Waals surface area contributed by atoms with E-state index in [1.807, 2.05) is 5.43 Å². The molecule has 0 saturated carbocycles. The molecule has 6 nitrogen and oxygen atoms in total. The number of hydrogen-bond donors (Lipinski definition) is 4. The van der Waals surface area contributed by atoms with Crippen LogP contribution in [0.5, 0.6) is 0 Å². The Bertz CT molecular complexity index is 131. The van der Waals surface area contributed by atoms with Gasteiger partial charge in [-0.05, 0) is 0 Å². The average molecular weight is 160 g/mol. The second kappa shape index (κ2) is 5.48. The van der Waals surface area contributed by atoms with Gasteiger partial charge in [0.15, 0.2) is 0 Å². The van der Waals surface area contributed by atoms with Crippen molar-refractivity contribution in [3.05, 3.63) is 0 Å². The van der Waals surface area contributed by atoms with Crippen LogP contribution in [-0.2, 0) is 4.79 Å². The molecular weight excluding hydrogens is 148 g/mol. The number of hydrogen-bond acceptors (Lipinski definition) is 3. The zero-order valence-electron chi connectivity index (χ0n) is 6.31. The first-order chi connectivity index (χ1) is 5.20. The van der Waals surface area contributed by atoms with Crippen LogP contribution < -0.4 is 21.9 Å². The van der Waals surface area contributed by atoms with E-state index in [4.69, 9.17) is 5.84 Å². The number of amides is 3. The predicted octanol–water partition coefficient (Wildman–Crippen LogP) is -1.70. The number of carbonyl (C=O) groups is 2. The smallest absolute Gasteiger partial charge is 0.328 e. The van der Waals surface area contributed by atoms with Crippen LogP contribution in [0.25, 0.3) is 0 Å². The molecule has 0 atom stereocenters. The molecule has 64 valence electrons. The fourth-order valence-corrected chi connectivity index (χ4v) is 0.466. The molecule has 0 heterocycles. The Kier molecular flexibility index (Phi) is 4.83. The first kappa shape index (κ1) is 9.70. The molecule has 5 N–H and O–H groups in total. The lowest BCUT2D eigenvalue weighted by Crippen LogP contribution is -2.41. The van der Waals surface area contributed by atoms with Crippen molar-refractivity contribution in [3.8, 4) is 0 Å². The Labute approximate surface area is 64.5 Å². The second-order valence-electron chi connectivity index (χ2n) is 1.82. The summed E-state index contributed by atoms with van der Waals surface area (Å²) in [6.45, 7) is 0.280. The van der Waals surface area contributed by atoms with Crippen LogP contribution in [0.15, 0.2) is 0 Å². The number of rotatable bonds is 3. The predicted molar refractivity (Wildman–Crippen MR) is 39.4 cm³/mol. The maximum Gasteiger partial charge on any atom is 0.328 e. The Balaban J connectivity index is 3.27. The summed E-state index contributed by atoms with van der Waals surface area (Å²) in [4.78, 5) is 21.0. The lowest BCUT2D eigenvalue weighted by molar-refractivity contribution is -0.120. The third-order valence-electron chi connectivity index (χ3n) is 1.05. The van der Waals surface area contributed by atoms with Crippen LogP contribution in [0.2, 0.25) is 0 Å². The molecule has 0 aromatic heterocycles. The molecule has 6 heteroatoms. The van der Waals surface area contributed by atoms with Crippen LogP contribution >= 0.6 is 0 Å². The average Bonchev–Trinajstić information content (AvgIpc) is 2.04. The third-order valence-corrected chi connectivity index (χ3v) is 1.05. The van der Waals surface area contributed by atoms with Gasteiger partial charge < -0.3 is 10.6 Å². The van der Waals surface area contributed by atoms with Gasteiger partial charge in [0, 0.05) is 20.0 Å². The molecule has 0 aromatic rings. The standard InChI is InChI=1S/C5H12N4O2/c1-7-4(10)2-3-8-5(11)9-6/h2-3,6H2,1H3,(H,7,10)(H2,8,9,11).